The number of benzene rings is 3. The van der Waals surface area contributed by atoms with E-state index in [9.17, 15) is 22.4 Å². The maximum absolute atomic E-state index is 14.5. The lowest BCUT2D eigenvalue weighted by Gasteiger charge is -2.32. The van der Waals surface area contributed by atoms with Crippen LogP contribution in [0.5, 0.6) is 0 Å². The van der Waals surface area contributed by atoms with Crippen LogP contribution in [-0.4, -0.2) is 43.8 Å². The molecule has 3 aromatic carbocycles. The van der Waals surface area contributed by atoms with E-state index in [1.54, 1.807) is 61.5 Å². The molecule has 196 valence electrons. The van der Waals surface area contributed by atoms with Crippen LogP contribution in [0.15, 0.2) is 89.8 Å². The van der Waals surface area contributed by atoms with Gasteiger partial charge in [0.25, 0.3) is 10.0 Å². The minimum atomic E-state index is -4.12. The van der Waals surface area contributed by atoms with Gasteiger partial charge in [-0.25, -0.2) is 12.8 Å². The molecule has 37 heavy (non-hydrogen) atoms. The summed E-state index contributed by atoms with van der Waals surface area (Å²) in [6, 6.07) is 21.0. The molecule has 1 N–H and O–H groups in total. The van der Waals surface area contributed by atoms with E-state index in [1.807, 2.05) is 13.8 Å². The van der Waals surface area contributed by atoms with Gasteiger partial charge in [-0.15, -0.1) is 0 Å². The molecule has 0 aliphatic heterocycles. The summed E-state index contributed by atoms with van der Waals surface area (Å²) in [5, 5.41) is 2.85. The van der Waals surface area contributed by atoms with E-state index in [4.69, 9.17) is 0 Å². The Balaban J connectivity index is 2.00. The third-order valence-corrected chi connectivity index (χ3v) is 7.91. The van der Waals surface area contributed by atoms with Crippen molar-refractivity contribution in [2.45, 2.75) is 50.7 Å². The lowest BCUT2D eigenvalue weighted by Crippen LogP contribution is -2.52. The van der Waals surface area contributed by atoms with Gasteiger partial charge in [-0.1, -0.05) is 61.5 Å². The van der Waals surface area contributed by atoms with E-state index in [0.29, 0.717) is 12.1 Å². The van der Waals surface area contributed by atoms with E-state index in [-0.39, 0.29) is 23.0 Å². The molecule has 0 aliphatic carbocycles. The monoisotopic (exact) mass is 525 g/mol. The fraction of sp³-hybridized carbons (Fsp3) is 0.286. The van der Waals surface area contributed by atoms with Crippen LogP contribution in [0.4, 0.5) is 10.1 Å². The third-order valence-electron chi connectivity index (χ3n) is 6.12. The maximum atomic E-state index is 14.5. The summed E-state index contributed by atoms with van der Waals surface area (Å²) in [5.41, 5.74) is 0.512. The molecule has 0 heterocycles. The number of hydrogen-bond acceptors (Lipinski definition) is 4. The highest BCUT2D eigenvalue weighted by molar-refractivity contribution is 7.92. The van der Waals surface area contributed by atoms with Gasteiger partial charge in [0.15, 0.2) is 0 Å². The van der Waals surface area contributed by atoms with E-state index < -0.39 is 40.2 Å². The number of anilines is 1. The largest absolute Gasteiger partial charge is 0.352 e. The number of carbonyl (C=O) groups excluding carboxylic acids is 2. The van der Waals surface area contributed by atoms with Crippen LogP contribution in [0.3, 0.4) is 0 Å². The Bertz CT molecular complexity index is 1300. The molecule has 0 radical (unpaired) electrons. The molecule has 3 aromatic rings. The molecule has 0 unspecified atom stereocenters. The third kappa shape index (κ3) is 6.95. The number of amides is 2. The SMILES string of the molecule is CC[C@H](C)NC(=O)[C@H](C)N(Cc1ccccc1F)C(=O)CN(c1ccccc1)S(=O)(=O)c1ccccc1. The summed E-state index contributed by atoms with van der Waals surface area (Å²) in [6.07, 6.45) is 0.691. The number of halogens is 1. The molecular weight excluding hydrogens is 493 g/mol. The standard InChI is InChI=1S/C28H32FN3O4S/c1-4-21(2)30-28(34)22(3)31(19-23-13-11-12-18-26(23)29)27(33)20-32(24-14-7-5-8-15-24)37(35,36)25-16-9-6-10-17-25/h5-18,21-22H,4,19-20H2,1-3H3,(H,30,34)/t21-,22-/m0/s1. The van der Waals surface area contributed by atoms with Crippen LogP contribution in [0.25, 0.3) is 0 Å². The number of hydrogen-bond donors (Lipinski definition) is 1. The first kappa shape index (κ1) is 27.9. The summed E-state index contributed by atoms with van der Waals surface area (Å²) in [7, 11) is -4.12. The summed E-state index contributed by atoms with van der Waals surface area (Å²) in [4.78, 5) is 28.0. The van der Waals surface area contributed by atoms with Crippen molar-refractivity contribution in [3.8, 4) is 0 Å². The van der Waals surface area contributed by atoms with Crippen molar-refractivity contribution in [1.82, 2.24) is 10.2 Å². The first-order valence-electron chi connectivity index (χ1n) is 12.1. The predicted molar refractivity (Wildman–Crippen MR) is 142 cm³/mol. The van der Waals surface area contributed by atoms with Crippen molar-refractivity contribution in [3.63, 3.8) is 0 Å². The molecule has 9 heteroatoms. The molecular formula is C28H32FN3O4S. The minimum Gasteiger partial charge on any atom is -0.352 e. The maximum Gasteiger partial charge on any atom is 0.264 e. The quantitative estimate of drug-likeness (QED) is 0.403. The Kier molecular flexibility index (Phi) is 9.41. The average molecular weight is 526 g/mol. The summed E-state index contributed by atoms with van der Waals surface area (Å²) in [6.45, 7) is 4.54. The van der Waals surface area contributed by atoms with Crippen LogP contribution in [0.2, 0.25) is 0 Å². The molecule has 0 spiro atoms. The van der Waals surface area contributed by atoms with Gasteiger partial charge in [0.1, 0.15) is 18.4 Å². The van der Waals surface area contributed by atoms with Crippen molar-refractivity contribution >= 4 is 27.5 Å². The summed E-state index contributed by atoms with van der Waals surface area (Å²) in [5.74, 6) is -1.57. The number of nitrogens with one attached hydrogen (secondary N) is 1. The van der Waals surface area contributed by atoms with Crippen molar-refractivity contribution in [1.29, 1.82) is 0 Å². The average Bonchev–Trinajstić information content (AvgIpc) is 2.91. The molecule has 0 saturated carbocycles. The van der Waals surface area contributed by atoms with Crippen molar-refractivity contribution < 1.29 is 22.4 Å². The van der Waals surface area contributed by atoms with Gasteiger partial charge in [0, 0.05) is 18.2 Å². The normalized spacial score (nSPS) is 12.9. The molecule has 0 fully saturated rings. The Morgan fingerprint density at radius 2 is 1.46 bits per heavy atom. The van der Waals surface area contributed by atoms with Gasteiger partial charge in [-0.2, -0.15) is 0 Å². The number of carbonyl (C=O) groups is 2. The molecule has 7 nitrogen and oxygen atoms in total. The van der Waals surface area contributed by atoms with Crippen LogP contribution < -0.4 is 9.62 Å². The van der Waals surface area contributed by atoms with Gasteiger partial charge in [-0.05, 0) is 50.6 Å². The van der Waals surface area contributed by atoms with Crippen molar-refractivity contribution in [3.05, 3.63) is 96.3 Å². The van der Waals surface area contributed by atoms with Crippen LogP contribution >= 0.6 is 0 Å². The lowest BCUT2D eigenvalue weighted by atomic mass is 10.1. The zero-order chi connectivity index (χ0) is 27.0. The molecule has 2 amide bonds. The van der Waals surface area contributed by atoms with Gasteiger partial charge < -0.3 is 10.2 Å². The second-order valence-electron chi connectivity index (χ2n) is 8.77. The van der Waals surface area contributed by atoms with Crippen molar-refractivity contribution in [2.75, 3.05) is 10.8 Å². The zero-order valence-electron chi connectivity index (χ0n) is 21.2. The Hall–Kier alpha value is -3.72. The highest BCUT2D eigenvalue weighted by Crippen LogP contribution is 2.24. The number of sulfonamides is 1. The summed E-state index contributed by atoms with van der Waals surface area (Å²) < 4.78 is 42.8. The molecule has 0 saturated heterocycles. The number of para-hydroxylation sites is 1. The van der Waals surface area contributed by atoms with Gasteiger partial charge in [0.05, 0.1) is 10.6 Å². The molecule has 0 bridgehead atoms. The molecule has 3 rings (SSSR count). The van der Waals surface area contributed by atoms with Crippen LogP contribution in [-0.2, 0) is 26.2 Å². The number of rotatable bonds is 11. The molecule has 0 aromatic heterocycles. The van der Waals surface area contributed by atoms with Crippen LogP contribution in [0.1, 0.15) is 32.8 Å². The fourth-order valence-electron chi connectivity index (χ4n) is 3.70. The second kappa shape index (κ2) is 12.5. The lowest BCUT2D eigenvalue weighted by molar-refractivity contribution is -0.139. The predicted octanol–water partition coefficient (Wildman–Crippen LogP) is 4.35. The smallest absolute Gasteiger partial charge is 0.264 e. The van der Waals surface area contributed by atoms with E-state index in [0.717, 1.165) is 4.31 Å². The van der Waals surface area contributed by atoms with Gasteiger partial charge >= 0.3 is 0 Å². The highest BCUT2D eigenvalue weighted by atomic mass is 32.2. The van der Waals surface area contributed by atoms with Gasteiger partial charge in [0.2, 0.25) is 11.8 Å². The highest BCUT2D eigenvalue weighted by Gasteiger charge is 2.33. The van der Waals surface area contributed by atoms with Crippen LogP contribution in [0, 0.1) is 5.82 Å². The van der Waals surface area contributed by atoms with Crippen molar-refractivity contribution in [2.24, 2.45) is 0 Å². The Labute approximate surface area is 218 Å². The Morgan fingerprint density at radius 3 is 2.05 bits per heavy atom. The Morgan fingerprint density at radius 1 is 0.892 bits per heavy atom. The zero-order valence-corrected chi connectivity index (χ0v) is 22.0. The first-order valence-corrected chi connectivity index (χ1v) is 13.5. The first-order chi connectivity index (χ1) is 17.6. The van der Waals surface area contributed by atoms with Gasteiger partial charge in [-0.3, -0.25) is 13.9 Å². The minimum absolute atomic E-state index is 0.0230. The molecule has 0 aliphatic rings. The molecule has 2 atom stereocenters. The number of nitrogens with zero attached hydrogens (tertiary/aromatic N) is 2. The second-order valence-corrected chi connectivity index (χ2v) is 10.6. The fourth-order valence-corrected chi connectivity index (χ4v) is 5.14. The van der Waals surface area contributed by atoms with E-state index in [2.05, 4.69) is 5.32 Å². The van der Waals surface area contributed by atoms with E-state index in [1.165, 1.54) is 35.2 Å². The topological polar surface area (TPSA) is 86.8 Å². The summed E-state index contributed by atoms with van der Waals surface area (Å²) >= 11 is 0. The van der Waals surface area contributed by atoms with E-state index >= 15 is 0 Å².